The molecule has 10 heteroatoms. The van der Waals surface area contributed by atoms with Gasteiger partial charge in [0.2, 0.25) is 5.98 Å². The zero-order chi connectivity index (χ0) is 12.6. The van der Waals surface area contributed by atoms with E-state index in [0.717, 1.165) is 0 Å². The third kappa shape index (κ3) is 17.2. The standard InChI is InChI=1S/C3H5NO4.C2HI3O2/c5-3(6)1-2-4(7)8;3-2(4,5)1(6)7/h1-2H2,(H,5,6);(H,6,7). The summed E-state index contributed by atoms with van der Waals surface area (Å²) in [6.07, 6.45) is -0.396. The van der Waals surface area contributed by atoms with Gasteiger partial charge in [-0.2, -0.15) is 0 Å². The Kier molecular flexibility index (Phi) is 10.3. The molecule has 0 spiro atoms. The summed E-state index contributed by atoms with van der Waals surface area (Å²) in [4.78, 5) is 28.4. The molecule has 0 aromatic rings. The second-order valence-corrected chi connectivity index (χ2v) is 13.0. The maximum atomic E-state index is 10.00. The van der Waals surface area contributed by atoms with Gasteiger partial charge in [0.15, 0.2) is 0 Å². The molecule has 0 rings (SSSR count). The smallest absolute Gasteiger partial charge is 0.339 e. The van der Waals surface area contributed by atoms with Gasteiger partial charge in [-0.3, -0.25) is 14.9 Å². The molecule has 0 aromatic heterocycles. The van der Waals surface area contributed by atoms with Crippen LogP contribution < -0.4 is 0 Å². The Balaban J connectivity index is 0. The van der Waals surface area contributed by atoms with Gasteiger partial charge < -0.3 is 10.2 Å². The highest BCUT2D eigenvalue weighted by Crippen LogP contribution is 2.35. The summed E-state index contributed by atoms with van der Waals surface area (Å²) < 4.78 is -0.673. The first-order valence-electron chi connectivity index (χ1n) is 3.21. The van der Waals surface area contributed by atoms with Crippen molar-refractivity contribution < 1.29 is 24.7 Å². The van der Waals surface area contributed by atoms with E-state index in [9.17, 15) is 19.7 Å². The third-order valence-corrected chi connectivity index (χ3v) is 2.13. The molecule has 0 aliphatic rings. The van der Waals surface area contributed by atoms with Crippen molar-refractivity contribution in [2.45, 2.75) is 5.86 Å². The van der Waals surface area contributed by atoms with E-state index in [-0.39, 0.29) is 0 Å². The number of nitro groups is 1. The van der Waals surface area contributed by atoms with Crippen LogP contribution in [0.4, 0.5) is 0 Å². The molecule has 0 amide bonds. The van der Waals surface area contributed by atoms with Crippen molar-refractivity contribution in [3.63, 3.8) is 0 Å². The Hall–Kier alpha value is 0.530. The summed E-state index contributed by atoms with van der Waals surface area (Å²) >= 11 is 5.52. The van der Waals surface area contributed by atoms with Gasteiger partial charge in [0.25, 0.3) is 0 Å². The maximum Gasteiger partial charge on any atom is 0.339 e. The van der Waals surface area contributed by atoms with E-state index in [1.165, 1.54) is 0 Å². The molecule has 0 aliphatic carbocycles. The van der Waals surface area contributed by atoms with Crippen LogP contribution >= 0.6 is 67.8 Å². The fourth-order valence-electron chi connectivity index (χ4n) is 0.187. The van der Waals surface area contributed by atoms with E-state index in [1.54, 1.807) is 0 Å². The van der Waals surface area contributed by atoms with Gasteiger partial charge in [0, 0.05) is 4.92 Å². The van der Waals surface area contributed by atoms with Crippen molar-refractivity contribution in [2.75, 3.05) is 6.54 Å². The molecule has 7 nitrogen and oxygen atoms in total. The molecule has 0 radical (unpaired) electrons. The zero-order valence-electron chi connectivity index (χ0n) is 7.02. The highest BCUT2D eigenvalue weighted by Gasteiger charge is 2.26. The Morgan fingerprint density at radius 1 is 1.27 bits per heavy atom. The van der Waals surface area contributed by atoms with Gasteiger partial charge in [0.1, 0.15) is 6.42 Å². The molecule has 0 aromatic carbocycles. The normalized spacial score (nSPS) is 9.80. The largest absolute Gasteiger partial charge is 0.481 e. The number of carboxylic acids is 2. The number of halogens is 3. The molecule has 2 N–H and O–H groups in total. The summed E-state index contributed by atoms with van der Waals surface area (Å²) in [6.45, 7) is -0.491. The van der Waals surface area contributed by atoms with Crippen LogP contribution in [0.3, 0.4) is 0 Å². The van der Waals surface area contributed by atoms with Crippen molar-refractivity contribution in [3.8, 4) is 0 Å². The van der Waals surface area contributed by atoms with Crippen molar-refractivity contribution >= 4 is 79.7 Å². The van der Waals surface area contributed by atoms with Crippen LogP contribution in [0.5, 0.6) is 0 Å². The topological polar surface area (TPSA) is 118 Å². The number of hydrogen-bond acceptors (Lipinski definition) is 4. The summed E-state index contributed by atoms with van der Waals surface area (Å²) in [5.41, 5.74) is 0. The molecule has 0 unspecified atom stereocenters. The summed E-state index contributed by atoms with van der Waals surface area (Å²) in [7, 11) is 0. The lowest BCUT2D eigenvalue weighted by Crippen LogP contribution is -2.14. The first kappa shape index (κ1) is 17.9. The summed E-state index contributed by atoms with van der Waals surface area (Å²) in [5.74, 6) is -1.93. The second kappa shape index (κ2) is 8.66. The van der Waals surface area contributed by atoms with E-state index >= 15 is 0 Å². The fraction of sp³-hybridized carbons (Fsp3) is 0.600. The average molecular weight is 557 g/mol. The number of nitrogens with zero attached hydrogens (tertiary/aromatic N) is 1. The quantitative estimate of drug-likeness (QED) is 0.236. The molecule has 88 valence electrons. The van der Waals surface area contributed by atoms with Crippen LogP contribution in [0.25, 0.3) is 0 Å². The minimum atomic E-state index is -1.14. The van der Waals surface area contributed by atoms with E-state index in [4.69, 9.17) is 10.2 Å². The molecule has 0 saturated carbocycles. The molecular weight excluding hydrogens is 551 g/mol. The molecule has 0 heterocycles. The number of carboxylic acid groups (broad SMARTS) is 2. The minimum absolute atomic E-state index is 0.396. The van der Waals surface area contributed by atoms with Crippen molar-refractivity contribution in [1.82, 2.24) is 0 Å². The second-order valence-electron chi connectivity index (χ2n) is 2.00. The highest BCUT2D eigenvalue weighted by atomic mass is 127. The SMILES string of the molecule is O=C(O)C(I)(I)I.O=C(O)CC[N+](=O)[O-]. The molecule has 0 saturated heterocycles. The summed E-state index contributed by atoms with van der Waals surface area (Å²) in [5, 5.41) is 25.5. The minimum Gasteiger partial charge on any atom is -0.481 e. The Morgan fingerprint density at radius 3 is 1.67 bits per heavy atom. The number of aliphatic carboxylic acids is 2. The zero-order valence-corrected chi connectivity index (χ0v) is 13.5. The lowest BCUT2D eigenvalue weighted by Gasteiger charge is -2.01. The van der Waals surface area contributed by atoms with Crippen LogP contribution in [0.2, 0.25) is 0 Å². The van der Waals surface area contributed by atoms with Crippen LogP contribution in [0.1, 0.15) is 6.42 Å². The third-order valence-electron chi connectivity index (χ3n) is 0.751. The monoisotopic (exact) mass is 557 g/mol. The van der Waals surface area contributed by atoms with E-state index in [2.05, 4.69) is 0 Å². The maximum absolute atomic E-state index is 10.00. The molecule has 0 aliphatic heterocycles. The van der Waals surface area contributed by atoms with E-state index in [1.807, 2.05) is 67.8 Å². The molecule has 15 heavy (non-hydrogen) atoms. The number of carbonyl (C=O) groups is 2. The van der Waals surface area contributed by atoms with Crippen molar-refractivity contribution in [2.24, 2.45) is 0 Å². The first-order chi connectivity index (χ1) is 6.57. The van der Waals surface area contributed by atoms with Gasteiger partial charge in [-0.1, -0.05) is 0 Å². The lowest BCUT2D eigenvalue weighted by atomic mass is 10.4. The number of hydrogen-bond donors (Lipinski definition) is 2. The summed E-state index contributed by atoms with van der Waals surface area (Å²) in [6, 6.07) is 0. The lowest BCUT2D eigenvalue weighted by molar-refractivity contribution is -0.478. The van der Waals surface area contributed by atoms with Gasteiger partial charge in [-0.25, -0.2) is 4.79 Å². The number of rotatable bonds is 4. The Morgan fingerprint density at radius 2 is 1.60 bits per heavy atom. The predicted molar refractivity (Wildman–Crippen MR) is 76.5 cm³/mol. The van der Waals surface area contributed by atoms with Gasteiger partial charge >= 0.3 is 11.9 Å². The van der Waals surface area contributed by atoms with Crippen LogP contribution in [0, 0.1) is 10.1 Å². The van der Waals surface area contributed by atoms with Gasteiger partial charge in [-0.15, -0.1) is 0 Å². The fourth-order valence-corrected chi connectivity index (χ4v) is 0.187. The van der Waals surface area contributed by atoms with E-state index < -0.39 is 29.3 Å². The Labute approximate surface area is 126 Å². The molecular formula is C5H6I3NO6. The first-order valence-corrected chi connectivity index (χ1v) is 6.44. The molecule has 0 atom stereocenters. The molecule has 0 fully saturated rings. The molecule has 0 bridgehead atoms. The predicted octanol–water partition coefficient (Wildman–Crippen LogP) is 1.77. The average Bonchev–Trinajstić information content (AvgIpc) is 2.00. The van der Waals surface area contributed by atoms with Crippen molar-refractivity contribution in [1.29, 1.82) is 0 Å². The highest BCUT2D eigenvalue weighted by molar-refractivity contribution is 14.3. The van der Waals surface area contributed by atoms with Crippen LogP contribution in [0.15, 0.2) is 0 Å². The van der Waals surface area contributed by atoms with Crippen LogP contribution in [-0.2, 0) is 9.59 Å². The van der Waals surface area contributed by atoms with Crippen LogP contribution in [-0.4, -0.2) is 33.1 Å². The van der Waals surface area contributed by atoms with Crippen molar-refractivity contribution in [3.05, 3.63) is 10.1 Å². The number of alkyl halides is 3. The Bertz CT molecular complexity index is 236. The van der Waals surface area contributed by atoms with E-state index in [0.29, 0.717) is 0 Å². The van der Waals surface area contributed by atoms with Gasteiger partial charge in [-0.05, 0) is 67.8 Å². The van der Waals surface area contributed by atoms with Gasteiger partial charge in [0.05, 0.1) is 0 Å².